The third kappa shape index (κ3) is 27.6. The molecule has 1 aliphatic heterocycles. The van der Waals surface area contributed by atoms with Gasteiger partial charge in [0.2, 0.25) is 59.1 Å². The summed E-state index contributed by atoms with van der Waals surface area (Å²) in [5, 5.41) is 35.4. The van der Waals surface area contributed by atoms with Gasteiger partial charge < -0.3 is 80.4 Å². The molecule has 0 radical (unpaired) electrons. The average molecular weight is 1560 g/mol. The number of imide groups is 1. The number of hydrogen-bond donors (Lipinski definition) is 13. The van der Waals surface area contributed by atoms with Crippen LogP contribution in [-0.2, 0) is 78.4 Å². The third-order valence-electron chi connectivity index (χ3n) is 19.1. The van der Waals surface area contributed by atoms with Gasteiger partial charge in [-0.3, -0.25) is 72.4 Å². The predicted octanol–water partition coefficient (Wildman–Crippen LogP) is 1.97. The summed E-state index contributed by atoms with van der Waals surface area (Å²) in [5.74, 6) is -10.5. The van der Waals surface area contributed by atoms with Gasteiger partial charge in [0.05, 0.1) is 6.61 Å². The first-order valence-corrected chi connectivity index (χ1v) is 38.2. The lowest BCUT2D eigenvalue weighted by molar-refractivity contribution is -0.143. The number of aliphatic hydroxyl groups excluding tert-OH is 1. The van der Waals surface area contributed by atoms with Crippen molar-refractivity contribution >= 4 is 99.1 Å². The lowest BCUT2D eigenvalue weighted by Crippen LogP contribution is -2.63. The highest BCUT2D eigenvalue weighted by Gasteiger charge is 2.43. The summed E-state index contributed by atoms with van der Waals surface area (Å²) in [6, 6.07) is 15.2. The molecular weight excluding hydrogens is 1460 g/mol. The van der Waals surface area contributed by atoms with Crippen LogP contribution in [0.1, 0.15) is 131 Å². The smallest absolute Gasteiger partial charge is 0.279 e. The normalized spacial score (nSPS) is 15.4. The number of likely N-dealkylation sites (tertiary alicyclic amines) is 1. The first-order valence-electron chi connectivity index (χ1n) is 37.8. The van der Waals surface area contributed by atoms with Crippen LogP contribution in [0.4, 0.5) is 5.82 Å². The number of aromatic nitrogens is 3. The van der Waals surface area contributed by atoms with E-state index < -0.39 is 144 Å². The molecule has 6 aromatic rings. The van der Waals surface area contributed by atoms with E-state index >= 15 is 28.8 Å². The molecule has 0 spiro atoms. The molecule has 0 saturated carbocycles. The van der Waals surface area contributed by atoms with E-state index in [1.807, 2.05) is 61.5 Å². The van der Waals surface area contributed by atoms with E-state index in [1.54, 1.807) is 62.4 Å². The largest absolute Gasteiger partial charge is 0.394 e. The Morgan fingerprint density at radius 3 is 1.79 bits per heavy atom. The topological polar surface area (TPSA) is 474 Å². The quantitative estimate of drug-likeness (QED) is 0.0243. The molecule has 17 N–H and O–H groups in total. The molecular formula is C80H107ClN18O13. The zero-order valence-corrected chi connectivity index (χ0v) is 65.0. The maximum absolute atomic E-state index is 15.7. The number of aliphatic hydroxyl groups is 1. The molecule has 112 heavy (non-hydrogen) atoms. The highest BCUT2D eigenvalue weighted by atomic mass is 35.5. The van der Waals surface area contributed by atoms with Crippen LogP contribution in [0.3, 0.4) is 0 Å². The second-order valence-electron chi connectivity index (χ2n) is 29.0. The lowest BCUT2D eigenvalue weighted by atomic mass is 9.98. The number of primary amides is 1. The van der Waals surface area contributed by atoms with Crippen LogP contribution < -0.4 is 65.5 Å². The number of carbonyl (C=O) groups excluding carboxylic acids is 12. The number of unbranched alkanes of at least 4 members (excludes halogenated alkanes) is 2. The van der Waals surface area contributed by atoms with Crippen molar-refractivity contribution < 1.29 is 62.6 Å². The number of rotatable bonds is 43. The SMILES string of the molecule is CC(=O)N[C@H](Cc1ccc2ccccc2c1)C(=O)N[C@H](Cc1ccc(Cl)cc1)C(=O)N[C@H](Cc1cccnc1)C(=O)N[C@@H](CO)C(=O)N(C(=O)c1ccccn1)[C@@H](CCCCN)C(=O)N[C@H](CCC(N)Cc1ccc(N)nc1)C(=O)N[C@@H](CC(C)C)C(=O)N[C@@H](CCCCN(C)C)C(=O)N1CCC[C@H]1C(=O)N[C@H](C)C(N)=O. The van der Waals surface area contributed by atoms with Crippen LogP contribution in [0.2, 0.25) is 5.02 Å². The number of anilines is 1. The Hall–Kier alpha value is -10.9. The molecule has 4 heterocycles. The molecule has 32 heteroatoms. The lowest BCUT2D eigenvalue weighted by Gasteiger charge is -2.34. The molecule has 0 bridgehead atoms. The van der Waals surface area contributed by atoms with E-state index in [9.17, 15) is 33.9 Å². The summed E-state index contributed by atoms with van der Waals surface area (Å²) in [5.41, 5.74) is 26.1. The van der Waals surface area contributed by atoms with Crippen LogP contribution in [0.15, 0.2) is 134 Å². The first-order chi connectivity index (χ1) is 53.5. The summed E-state index contributed by atoms with van der Waals surface area (Å²) in [7, 11) is 3.78. The van der Waals surface area contributed by atoms with Crippen molar-refractivity contribution in [1.29, 1.82) is 0 Å². The van der Waals surface area contributed by atoms with Gasteiger partial charge in [-0.15, -0.1) is 0 Å². The Balaban J connectivity index is 1.22. The van der Waals surface area contributed by atoms with Gasteiger partial charge in [0.1, 0.15) is 71.9 Å². The maximum Gasteiger partial charge on any atom is 0.279 e. The van der Waals surface area contributed by atoms with Crippen LogP contribution in [-0.4, -0.2) is 212 Å². The number of benzene rings is 3. The Labute approximate surface area is 657 Å². The van der Waals surface area contributed by atoms with Gasteiger partial charge in [-0.05, 0) is 187 Å². The molecule has 3 aromatic carbocycles. The summed E-state index contributed by atoms with van der Waals surface area (Å²) in [6.45, 7) is 5.97. The van der Waals surface area contributed by atoms with Crippen molar-refractivity contribution in [3.63, 3.8) is 0 Å². The van der Waals surface area contributed by atoms with Crippen LogP contribution in [0, 0.1) is 5.92 Å². The molecule has 1 saturated heterocycles. The minimum atomic E-state index is -2.07. The van der Waals surface area contributed by atoms with E-state index in [1.165, 1.54) is 61.7 Å². The van der Waals surface area contributed by atoms with E-state index in [4.69, 9.17) is 34.5 Å². The minimum Gasteiger partial charge on any atom is -0.394 e. The molecule has 31 nitrogen and oxygen atoms in total. The van der Waals surface area contributed by atoms with E-state index in [-0.39, 0.29) is 108 Å². The number of nitrogens with two attached hydrogens (primary N) is 4. The van der Waals surface area contributed by atoms with Gasteiger partial charge in [-0.1, -0.05) is 98.2 Å². The van der Waals surface area contributed by atoms with Crippen LogP contribution in [0.5, 0.6) is 0 Å². The Morgan fingerprint density at radius 1 is 0.580 bits per heavy atom. The minimum absolute atomic E-state index is 0.00102. The number of pyridine rings is 3. The summed E-state index contributed by atoms with van der Waals surface area (Å²) in [6.07, 6.45) is 7.17. The zero-order valence-electron chi connectivity index (χ0n) is 64.3. The summed E-state index contributed by atoms with van der Waals surface area (Å²) < 4.78 is 0. The molecule has 7 rings (SSSR count). The Morgan fingerprint density at radius 2 is 1.17 bits per heavy atom. The van der Waals surface area contributed by atoms with Crippen LogP contribution >= 0.6 is 11.6 Å². The van der Waals surface area contributed by atoms with Crippen molar-refractivity contribution in [1.82, 2.24) is 72.2 Å². The maximum atomic E-state index is 15.7. The molecule has 1 fully saturated rings. The molecule has 3 aromatic heterocycles. The van der Waals surface area contributed by atoms with Gasteiger partial charge in [0.15, 0.2) is 0 Å². The molecule has 12 amide bonds. The second-order valence-corrected chi connectivity index (χ2v) is 29.4. The molecule has 602 valence electrons. The number of halogens is 1. The number of amides is 12. The fraction of sp³-hybridized carbons (Fsp3) is 0.463. The molecule has 0 aliphatic carbocycles. The predicted molar refractivity (Wildman–Crippen MR) is 422 cm³/mol. The van der Waals surface area contributed by atoms with Gasteiger partial charge in [-0.2, -0.15) is 0 Å². The van der Waals surface area contributed by atoms with Crippen molar-refractivity contribution in [2.45, 2.75) is 190 Å². The van der Waals surface area contributed by atoms with E-state index in [0.29, 0.717) is 58.0 Å². The second kappa shape index (κ2) is 44.3. The van der Waals surface area contributed by atoms with Gasteiger partial charge in [-0.25, -0.2) is 4.98 Å². The van der Waals surface area contributed by atoms with Crippen LogP contribution in [0.25, 0.3) is 10.8 Å². The highest BCUT2D eigenvalue weighted by Crippen LogP contribution is 2.24. The fourth-order valence-corrected chi connectivity index (χ4v) is 13.3. The fourth-order valence-electron chi connectivity index (χ4n) is 13.2. The van der Waals surface area contributed by atoms with Crippen molar-refractivity contribution in [2.75, 3.05) is 46.1 Å². The van der Waals surface area contributed by atoms with E-state index in [0.717, 1.165) is 10.8 Å². The number of nitrogens with one attached hydrogen (secondary N) is 8. The Bertz CT molecular complexity index is 4170. The monoisotopic (exact) mass is 1560 g/mol. The van der Waals surface area contributed by atoms with Gasteiger partial charge in [0.25, 0.3) is 11.8 Å². The zero-order chi connectivity index (χ0) is 81.6. The standard InChI is InChI=1S/C80H107ClN18O13/c1-48(2)39-62(72(104)92-61(21-11-14-37-97(5)6)78(110)98-38-16-23-67(98)76(108)89-49(3)70(85)102)93-71(103)59(32-31-58(83)41-54-27-33-69(84)88-46-54)91-77(109)68(22-9-12-34-82)99(79(111)60-20-10-13-36-87-60)80(112)66(47-100)96-75(107)65(44-53-17-15-35-86-45-53)95-74(106)64(42-51-25-29-57(81)30-26-51)94-73(105)63(90-50(4)101)43-52-24-28-55-18-7-8-19-56(55)40-52/h7-8,10,13,15,17-20,24-30,33,35-36,40,45-46,48-49,58-59,61-68,100H,9,11-12,14,16,21-23,31-32,34,37-39,41-44,47,82-83H2,1-6H3,(H2,84,88)(H2,85,102)(H,89,108)(H,90,101)(H,91,109)(H,92,104)(H,93,103)(H,94,105)(H,95,106)(H,96,107)/t49-,58?,59-,61+,62+,63-,64-,65-,66+,67+,68+/m1/s1. The summed E-state index contributed by atoms with van der Waals surface area (Å²) in [4.78, 5) is 191. The number of fused-ring (bicyclic) bond motifs is 1. The number of carbonyl (C=O) groups is 12. The van der Waals surface area contributed by atoms with Gasteiger partial charge in [0, 0.05) is 68.6 Å². The Kier molecular flexibility index (Phi) is 34.9. The first kappa shape index (κ1) is 88.4. The van der Waals surface area contributed by atoms with Gasteiger partial charge >= 0.3 is 0 Å². The molecule has 11 atom stereocenters. The number of nitrogens with zero attached hydrogens (tertiary/aromatic N) is 6. The third-order valence-corrected chi connectivity index (χ3v) is 19.4. The van der Waals surface area contributed by atoms with Crippen molar-refractivity contribution in [3.05, 3.63) is 167 Å². The highest BCUT2D eigenvalue weighted by molar-refractivity contribution is 6.30. The van der Waals surface area contributed by atoms with Crippen molar-refractivity contribution in [3.8, 4) is 0 Å². The molecule has 1 aliphatic rings. The summed E-state index contributed by atoms with van der Waals surface area (Å²) >= 11 is 6.28. The van der Waals surface area contributed by atoms with Crippen molar-refractivity contribution in [2.24, 2.45) is 23.1 Å². The number of nitrogen functional groups attached to an aromatic ring is 1. The number of hydrogen-bond acceptors (Lipinski definition) is 20. The van der Waals surface area contributed by atoms with E-state index in [2.05, 4.69) is 57.5 Å². The molecule has 1 unspecified atom stereocenters. The average Bonchev–Trinajstić information content (AvgIpc) is 1.37.